The van der Waals surface area contributed by atoms with Gasteiger partial charge in [0.1, 0.15) is 0 Å². The van der Waals surface area contributed by atoms with Crippen molar-refractivity contribution in [2.24, 2.45) is 17.8 Å². The van der Waals surface area contributed by atoms with Gasteiger partial charge in [-0.3, -0.25) is 9.59 Å². The van der Waals surface area contributed by atoms with Crippen LogP contribution in [0.3, 0.4) is 0 Å². The Morgan fingerprint density at radius 2 is 1.15 bits per heavy atom. The Morgan fingerprint density at radius 1 is 0.652 bits per heavy atom. The molecule has 6 fully saturated rings. The summed E-state index contributed by atoms with van der Waals surface area (Å²) in [6.07, 6.45) is 7.59. The Morgan fingerprint density at radius 3 is 1.65 bits per heavy atom. The largest absolute Gasteiger partial charge is 0.417 e. The first kappa shape index (κ1) is 29.8. The minimum atomic E-state index is -4.47. The number of carbonyl (C=O) groups excluding carboxylic acids is 2. The molecular weight excluding hydrogens is 585 g/mol. The number of piperidine rings is 2. The third-order valence-electron chi connectivity index (χ3n) is 11.7. The third kappa shape index (κ3) is 5.14. The van der Waals surface area contributed by atoms with E-state index in [2.05, 4.69) is 12.1 Å². The number of nitrogens with zero attached hydrogens (tertiary/aromatic N) is 2. The van der Waals surface area contributed by atoms with E-state index in [9.17, 15) is 22.8 Å². The van der Waals surface area contributed by atoms with Crippen LogP contribution in [0.25, 0.3) is 22.3 Å². The lowest BCUT2D eigenvalue weighted by Crippen LogP contribution is -2.48. The van der Waals surface area contributed by atoms with Gasteiger partial charge < -0.3 is 9.80 Å². The smallest absolute Gasteiger partial charge is 0.312 e. The zero-order valence-corrected chi connectivity index (χ0v) is 26.2. The number of amides is 2. The van der Waals surface area contributed by atoms with Crippen molar-refractivity contribution in [3.05, 3.63) is 71.8 Å². The molecule has 0 spiro atoms. The summed E-state index contributed by atoms with van der Waals surface area (Å²) in [6, 6.07) is 17.5. The maximum absolute atomic E-state index is 13.9. The molecule has 2 aliphatic heterocycles. The molecule has 0 N–H and O–H groups in total. The zero-order chi connectivity index (χ0) is 31.6. The van der Waals surface area contributed by atoms with Crippen molar-refractivity contribution in [1.29, 1.82) is 0 Å². The molecule has 46 heavy (non-hydrogen) atoms. The van der Waals surface area contributed by atoms with Gasteiger partial charge in [0.05, 0.1) is 16.9 Å². The normalized spacial score (nSPS) is 27.8. The number of rotatable bonds is 5. The van der Waals surface area contributed by atoms with E-state index in [1.807, 2.05) is 21.9 Å². The fourth-order valence-electron chi connectivity index (χ4n) is 10.0. The minimum Gasteiger partial charge on any atom is -0.312 e. The maximum atomic E-state index is 13.9. The van der Waals surface area contributed by atoms with Crippen LogP contribution >= 0.6 is 0 Å². The van der Waals surface area contributed by atoms with E-state index >= 15 is 0 Å². The molecule has 3 aromatic rings. The number of hydrogen-bond acceptors (Lipinski definition) is 2. The second kappa shape index (κ2) is 11.3. The van der Waals surface area contributed by atoms with Crippen LogP contribution in [0.15, 0.2) is 60.7 Å². The van der Waals surface area contributed by atoms with Crippen molar-refractivity contribution in [3.8, 4) is 22.3 Å². The highest BCUT2D eigenvalue weighted by Gasteiger charge is 2.52. The first-order valence-corrected chi connectivity index (χ1v) is 17.2. The second-order valence-corrected chi connectivity index (χ2v) is 14.7. The zero-order valence-electron chi connectivity index (χ0n) is 26.2. The molecular formula is C39H41F3N2O2. The summed E-state index contributed by atoms with van der Waals surface area (Å²) in [7, 11) is 0. The minimum absolute atomic E-state index is 0.0691. The number of halogens is 3. The summed E-state index contributed by atoms with van der Waals surface area (Å²) in [6.45, 7) is 1.25. The summed E-state index contributed by atoms with van der Waals surface area (Å²) in [5.74, 6) is 2.44. The molecule has 4 aliphatic carbocycles. The predicted octanol–water partition coefficient (Wildman–Crippen LogP) is 9.54. The van der Waals surface area contributed by atoms with Gasteiger partial charge in [-0.2, -0.15) is 13.2 Å². The average Bonchev–Trinajstić information content (AvgIpc) is 3.04. The molecule has 4 bridgehead atoms. The van der Waals surface area contributed by atoms with Crippen LogP contribution < -0.4 is 9.80 Å². The van der Waals surface area contributed by atoms with Gasteiger partial charge in [0.2, 0.25) is 11.8 Å². The second-order valence-electron chi connectivity index (χ2n) is 14.7. The highest BCUT2D eigenvalue weighted by atomic mass is 19.4. The van der Waals surface area contributed by atoms with E-state index < -0.39 is 11.7 Å². The summed E-state index contributed by atoms with van der Waals surface area (Å²) in [5, 5.41) is 0. The van der Waals surface area contributed by atoms with Crippen LogP contribution in [0.4, 0.5) is 24.5 Å². The van der Waals surface area contributed by atoms with Gasteiger partial charge in [0, 0.05) is 31.5 Å². The first-order chi connectivity index (χ1) is 22.2. The van der Waals surface area contributed by atoms with Crippen LogP contribution in [0.1, 0.15) is 88.2 Å². The van der Waals surface area contributed by atoms with Crippen molar-refractivity contribution in [3.63, 3.8) is 0 Å². The van der Waals surface area contributed by atoms with Crippen LogP contribution in [0, 0.1) is 17.8 Å². The fourth-order valence-corrected chi connectivity index (χ4v) is 10.0. The third-order valence-corrected chi connectivity index (χ3v) is 11.7. The van der Waals surface area contributed by atoms with Crippen LogP contribution in [0.5, 0.6) is 0 Å². The average molecular weight is 627 g/mol. The molecule has 0 unspecified atom stereocenters. The van der Waals surface area contributed by atoms with Gasteiger partial charge in [0.15, 0.2) is 0 Å². The Balaban J connectivity index is 1.31. The molecule has 2 amide bonds. The molecule has 6 aliphatic rings. The van der Waals surface area contributed by atoms with Crippen molar-refractivity contribution < 1.29 is 22.8 Å². The standard InChI is InChI=1S/C39H41F3N2O2/c40-39(41,42)32-8-2-1-7-31(32)28-11-13-29(14-12-28)37-33(43-15-5-3-9-35(43)45)20-30(21-34(37)44-16-6-4-10-36(44)46)38-22-25-17-26(23-38)19-27(18-25)24-38/h1-2,7-8,11-14,20-21,25-27H,3-6,9-10,15-19,22-24H2. The van der Waals surface area contributed by atoms with Crippen molar-refractivity contribution in [1.82, 2.24) is 0 Å². The number of carbonyl (C=O) groups is 2. The van der Waals surface area contributed by atoms with Crippen LogP contribution in [-0.4, -0.2) is 24.9 Å². The van der Waals surface area contributed by atoms with E-state index in [0.29, 0.717) is 31.5 Å². The number of hydrogen-bond donors (Lipinski definition) is 0. The highest BCUT2D eigenvalue weighted by molar-refractivity contribution is 6.06. The fraction of sp³-hybridized carbons (Fsp3) is 0.487. The summed E-state index contributed by atoms with van der Waals surface area (Å²) in [5.41, 5.74) is 4.66. The molecule has 240 valence electrons. The number of alkyl halides is 3. The predicted molar refractivity (Wildman–Crippen MR) is 175 cm³/mol. The molecule has 9 rings (SSSR count). The first-order valence-electron chi connectivity index (χ1n) is 17.2. The molecule has 4 saturated carbocycles. The van der Waals surface area contributed by atoms with Crippen LogP contribution in [-0.2, 0) is 21.2 Å². The van der Waals surface area contributed by atoms with Crippen molar-refractivity contribution in [2.75, 3.05) is 22.9 Å². The van der Waals surface area contributed by atoms with Gasteiger partial charge in [-0.15, -0.1) is 0 Å². The molecule has 4 nitrogen and oxygen atoms in total. The van der Waals surface area contributed by atoms with Gasteiger partial charge >= 0.3 is 6.18 Å². The quantitative estimate of drug-likeness (QED) is 0.283. The lowest BCUT2D eigenvalue weighted by molar-refractivity contribution is -0.137. The van der Waals surface area contributed by atoms with Gasteiger partial charge in [-0.1, -0.05) is 42.5 Å². The molecule has 3 aromatic carbocycles. The van der Waals surface area contributed by atoms with Crippen molar-refractivity contribution >= 4 is 23.2 Å². The molecule has 0 atom stereocenters. The lowest BCUT2D eigenvalue weighted by atomic mass is 9.48. The Hall–Kier alpha value is -3.61. The van der Waals surface area contributed by atoms with Crippen LogP contribution in [0.2, 0.25) is 0 Å². The molecule has 7 heteroatoms. The van der Waals surface area contributed by atoms with Gasteiger partial charge in [0.25, 0.3) is 0 Å². The van der Waals surface area contributed by atoms with E-state index in [-0.39, 0.29) is 22.8 Å². The Labute approximate surface area is 269 Å². The van der Waals surface area contributed by atoms with E-state index in [1.54, 1.807) is 18.2 Å². The highest BCUT2D eigenvalue weighted by Crippen LogP contribution is 2.62. The molecule has 0 aromatic heterocycles. The van der Waals surface area contributed by atoms with E-state index in [4.69, 9.17) is 0 Å². The molecule has 0 radical (unpaired) electrons. The topological polar surface area (TPSA) is 40.6 Å². The maximum Gasteiger partial charge on any atom is 0.417 e. The summed E-state index contributed by atoms with van der Waals surface area (Å²) < 4.78 is 41.7. The summed E-state index contributed by atoms with van der Waals surface area (Å²) in [4.78, 5) is 31.1. The number of benzene rings is 3. The monoisotopic (exact) mass is 626 g/mol. The van der Waals surface area contributed by atoms with Crippen molar-refractivity contribution in [2.45, 2.75) is 88.6 Å². The Kier molecular flexibility index (Phi) is 7.30. The molecule has 2 heterocycles. The van der Waals surface area contributed by atoms with E-state index in [0.717, 1.165) is 72.0 Å². The number of anilines is 2. The Bertz CT molecular complexity index is 1590. The van der Waals surface area contributed by atoms with Gasteiger partial charge in [-0.05, 0) is 128 Å². The summed E-state index contributed by atoms with van der Waals surface area (Å²) >= 11 is 0. The lowest BCUT2D eigenvalue weighted by Gasteiger charge is -2.57. The van der Waals surface area contributed by atoms with E-state index in [1.165, 1.54) is 56.2 Å². The molecule has 2 saturated heterocycles. The van der Waals surface area contributed by atoms with Gasteiger partial charge in [-0.25, -0.2) is 0 Å². The SMILES string of the molecule is O=C1CCCCN1c1cc(C23CC4CC(CC(C4)C2)C3)cc(N2CCCCC2=O)c1-c1ccc(-c2ccccc2C(F)(F)F)cc1.